The van der Waals surface area contributed by atoms with E-state index in [1.807, 2.05) is 5.32 Å². The first-order valence-corrected chi connectivity index (χ1v) is 3.25. The summed E-state index contributed by atoms with van der Waals surface area (Å²) in [7, 11) is 0. The normalized spacial score (nSPS) is 9.27. The average molecular weight is 161 g/mol. The second-order valence-corrected chi connectivity index (χ2v) is 1.92. The van der Waals surface area contributed by atoms with Crippen LogP contribution in [-0.4, -0.2) is 35.2 Å². The standard InChI is InChI=1S/C6H11NO4/c8-3-1-5(10)7-6(11)2-4-9/h8-9H,1-4H2,(H,7,10,11). The fourth-order valence-corrected chi connectivity index (χ4v) is 0.484. The van der Waals surface area contributed by atoms with E-state index >= 15 is 0 Å². The maximum atomic E-state index is 10.6. The van der Waals surface area contributed by atoms with Gasteiger partial charge in [-0.05, 0) is 0 Å². The fraction of sp³-hybridized carbons (Fsp3) is 0.667. The summed E-state index contributed by atoms with van der Waals surface area (Å²) in [6.07, 6.45) is -0.172. The molecule has 0 spiro atoms. The molecule has 0 saturated carbocycles. The van der Waals surface area contributed by atoms with Crippen molar-refractivity contribution in [2.75, 3.05) is 13.2 Å². The van der Waals surface area contributed by atoms with Gasteiger partial charge >= 0.3 is 0 Å². The van der Waals surface area contributed by atoms with E-state index in [-0.39, 0.29) is 26.1 Å². The van der Waals surface area contributed by atoms with Crippen LogP contribution in [0.1, 0.15) is 12.8 Å². The first-order valence-electron chi connectivity index (χ1n) is 3.25. The largest absolute Gasteiger partial charge is 0.396 e. The number of imide groups is 1. The highest BCUT2D eigenvalue weighted by Crippen LogP contribution is 1.80. The third kappa shape index (κ3) is 5.50. The molecule has 2 amide bonds. The second kappa shape index (κ2) is 5.82. The van der Waals surface area contributed by atoms with E-state index < -0.39 is 11.8 Å². The molecule has 0 atom stereocenters. The summed E-state index contributed by atoms with van der Waals surface area (Å²) in [5, 5.41) is 18.5. The molecule has 0 saturated heterocycles. The SMILES string of the molecule is O=C(CCO)NC(=O)CCO. The Hall–Kier alpha value is -0.940. The van der Waals surface area contributed by atoms with Gasteiger partial charge in [0.15, 0.2) is 0 Å². The van der Waals surface area contributed by atoms with Gasteiger partial charge in [-0.2, -0.15) is 0 Å². The molecule has 0 radical (unpaired) electrons. The zero-order valence-corrected chi connectivity index (χ0v) is 6.04. The number of rotatable bonds is 4. The van der Waals surface area contributed by atoms with Crippen LogP contribution >= 0.6 is 0 Å². The number of carbonyl (C=O) groups is 2. The van der Waals surface area contributed by atoms with Crippen molar-refractivity contribution in [1.29, 1.82) is 0 Å². The van der Waals surface area contributed by atoms with Crippen LogP contribution in [0.25, 0.3) is 0 Å². The lowest BCUT2D eigenvalue weighted by atomic mass is 10.4. The summed E-state index contributed by atoms with van der Waals surface area (Å²) in [5.74, 6) is -1.04. The van der Waals surface area contributed by atoms with Gasteiger partial charge in [-0.15, -0.1) is 0 Å². The molecule has 3 N–H and O–H groups in total. The molecule has 11 heavy (non-hydrogen) atoms. The molecule has 0 aromatic heterocycles. The molecule has 0 aromatic rings. The monoisotopic (exact) mass is 161 g/mol. The Bertz CT molecular complexity index is 130. The van der Waals surface area contributed by atoms with E-state index in [9.17, 15) is 9.59 Å². The fourth-order valence-electron chi connectivity index (χ4n) is 0.484. The first kappa shape index (κ1) is 10.1. The predicted molar refractivity (Wildman–Crippen MR) is 36.6 cm³/mol. The van der Waals surface area contributed by atoms with Crippen LogP contribution in [-0.2, 0) is 9.59 Å². The zero-order valence-electron chi connectivity index (χ0n) is 6.04. The molecular formula is C6H11NO4. The molecule has 64 valence electrons. The van der Waals surface area contributed by atoms with E-state index in [1.165, 1.54) is 0 Å². The van der Waals surface area contributed by atoms with Crippen LogP contribution in [0.3, 0.4) is 0 Å². The Labute approximate surface area is 64.0 Å². The molecule has 5 nitrogen and oxygen atoms in total. The molecule has 0 fully saturated rings. The van der Waals surface area contributed by atoms with Gasteiger partial charge < -0.3 is 10.2 Å². The summed E-state index contributed by atoms with van der Waals surface area (Å²) in [6.45, 7) is -0.559. The summed E-state index contributed by atoms with van der Waals surface area (Å²) in [5.41, 5.74) is 0. The highest BCUT2D eigenvalue weighted by molar-refractivity contribution is 5.95. The van der Waals surface area contributed by atoms with Crippen molar-refractivity contribution < 1.29 is 19.8 Å². The van der Waals surface area contributed by atoms with Gasteiger partial charge in [0.2, 0.25) is 11.8 Å². The van der Waals surface area contributed by atoms with Crippen molar-refractivity contribution in [3.8, 4) is 0 Å². The number of carbonyl (C=O) groups excluding carboxylic acids is 2. The highest BCUT2D eigenvalue weighted by atomic mass is 16.3. The molecule has 0 heterocycles. The smallest absolute Gasteiger partial charge is 0.228 e. The number of amides is 2. The lowest BCUT2D eigenvalue weighted by Gasteiger charge is -1.99. The van der Waals surface area contributed by atoms with Gasteiger partial charge in [0, 0.05) is 0 Å². The third-order valence-corrected chi connectivity index (χ3v) is 0.957. The summed E-state index contributed by atoms with van der Waals surface area (Å²) in [6, 6.07) is 0. The van der Waals surface area contributed by atoms with Crippen molar-refractivity contribution in [2.24, 2.45) is 0 Å². The van der Waals surface area contributed by atoms with Crippen LogP contribution < -0.4 is 5.32 Å². The van der Waals surface area contributed by atoms with Crippen LogP contribution in [0.15, 0.2) is 0 Å². The minimum absolute atomic E-state index is 0.0861. The molecule has 0 aliphatic carbocycles. The summed E-state index contributed by atoms with van der Waals surface area (Å²) in [4.78, 5) is 21.1. The van der Waals surface area contributed by atoms with Crippen molar-refractivity contribution in [3.63, 3.8) is 0 Å². The number of hydrogen-bond donors (Lipinski definition) is 3. The lowest BCUT2D eigenvalue weighted by Crippen LogP contribution is -2.31. The van der Waals surface area contributed by atoms with E-state index in [0.717, 1.165) is 0 Å². The van der Waals surface area contributed by atoms with Gasteiger partial charge in [-0.1, -0.05) is 0 Å². The van der Waals surface area contributed by atoms with Crippen LogP contribution in [0.4, 0.5) is 0 Å². The Balaban J connectivity index is 3.49. The quantitative estimate of drug-likeness (QED) is 0.463. The number of hydrogen-bond acceptors (Lipinski definition) is 4. The van der Waals surface area contributed by atoms with Crippen LogP contribution in [0.5, 0.6) is 0 Å². The Morgan fingerprint density at radius 1 is 1.00 bits per heavy atom. The first-order chi connectivity index (χ1) is 5.20. The Morgan fingerprint density at radius 2 is 1.36 bits per heavy atom. The van der Waals surface area contributed by atoms with Crippen LogP contribution in [0.2, 0.25) is 0 Å². The summed E-state index contributed by atoms with van der Waals surface area (Å²) < 4.78 is 0. The highest BCUT2D eigenvalue weighted by Gasteiger charge is 2.04. The molecule has 0 bridgehead atoms. The molecule has 0 unspecified atom stereocenters. The van der Waals surface area contributed by atoms with E-state index in [4.69, 9.17) is 10.2 Å². The maximum Gasteiger partial charge on any atom is 0.228 e. The van der Waals surface area contributed by atoms with Crippen molar-refractivity contribution in [1.82, 2.24) is 5.32 Å². The predicted octanol–water partition coefficient (Wildman–Crippen LogP) is -1.61. The number of aliphatic hydroxyl groups excluding tert-OH is 2. The van der Waals surface area contributed by atoms with E-state index in [0.29, 0.717) is 0 Å². The van der Waals surface area contributed by atoms with Gasteiger partial charge in [-0.3, -0.25) is 14.9 Å². The Morgan fingerprint density at radius 3 is 1.64 bits per heavy atom. The second-order valence-electron chi connectivity index (χ2n) is 1.92. The molecule has 0 aromatic carbocycles. The molecule has 0 rings (SSSR count). The number of nitrogens with one attached hydrogen (secondary N) is 1. The van der Waals surface area contributed by atoms with E-state index in [2.05, 4.69) is 0 Å². The van der Waals surface area contributed by atoms with Gasteiger partial charge in [0.25, 0.3) is 0 Å². The molecule has 0 aliphatic heterocycles. The van der Waals surface area contributed by atoms with E-state index in [1.54, 1.807) is 0 Å². The Kier molecular flexibility index (Phi) is 5.32. The molecule has 0 aliphatic rings. The van der Waals surface area contributed by atoms with Gasteiger partial charge in [-0.25, -0.2) is 0 Å². The molecular weight excluding hydrogens is 150 g/mol. The zero-order chi connectivity index (χ0) is 8.69. The van der Waals surface area contributed by atoms with Crippen molar-refractivity contribution >= 4 is 11.8 Å². The van der Waals surface area contributed by atoms with Crippen molar-refractivity contribution in [3.05, 3.63) is 0 Å². The van der Waals surface area contributed by atoms with Crippen LogP contribution in [0, 0.1) is 0 Å². The summed E-state index contributed by atoms with van der Waals surface area (Å²) >= 11 is 0. The minimum Gasteiger partial charge on any atom is -0.396 e. The average Bonchev–Trinajstić information content (AvgIpc) is 1.87. The van der Waals surface area contributed by atoms with Crippen molar-refractivity contribution in [2.45, 2.75) is 12.8 Å². The van der Waals surface area contributed by atoms with Gasteiger partial charge in [0.1, 0.15) is 0 Å². The molecule has 5 heteroatoms. The maximum absolute atomic E-state index is 10.6. The number of aliphatic hydroxyl groups is 2. The van der Waals surface area contributed by atoms with Gasteiger partial charge in [0.05, 0.1) is 26.1 Å². The minimum atomic E-state index is -0.522. The topological polar surface area (TPSA) is 86.6 Å². The lowest BCUT2D eigenvalue weighted by molar-refractivity contribution is -0.131. The third-order valence-electron chi connectivity index (χ3n) is 0.957.